The van der Waals surface area contributed by atoms with E-state index in [-0.39, 0.29) is 33.8 Å². The van der Waals surface area contributed by atoms with Crippen LogP contribution >= 0.6 is 0 Å². The summed E-state index contributed by atoms with van der Waals surface area (Å²) in [6, 6.07) is 12.2. The molecule has 8 aromatic carbocycles. The van der Waals surface area contributed by atoms with Crippen LogP contribution in [-0.4, -0.2) is 24.1 Å². The smallest absolute Gasteiger partial charge is 0.530 e. The lowest BCUT2D eigenvalue weighted by molar-refractivity contribution is -0.0532. The highest BCUT2D eigenvalue weighted by molar-refractivity contribution is 6.79. The van der Waals surface area contributed by atoms with Gasteiger partial charge in [-0.1, -0.05) is 156 Å². The molecular formula is C64H48B2F20N2O4. The fourth-order valence-corrected chi connectivity index (χ4v) is 10.3. The van der Waals surface area contributed by atoms with Crippen LogP contribution in [0.1, 0.15) is 105 Å². The van der Waals surface area contributed by atoms with Gasteiger partial charge in [0, 0.05) is 22.3 Å². The lowest BCUT2D eigenvalue weighted by atomic mass is 9.67. The predicted molar refractivity (Wildman–Crippen MR) is 299 cm³/mol. The molecule has 1 aliphatic heterocycles. The van der Waals surface area contributed by atoms with Crippen molar-refractivity contribution >= 4 is 14.4 Å². The third-order valence-corrected chi connectivity index (χ3v) is 14.9. The van der Waals surface area contributed by atoms with Gasteiger partial charge < -0.3 is 19.0 Å². The molecule has 0 amide bonds. The summed E-state index contributed by atoms with van der Waals surface area (Å²) in [4.78, 5) is 13.4. The molecule has 28 heteroatoms. The highest BCUT2D eigenvalue weighted by Crippen LogP contribution is 2.51. The predicted octanol–water partition coefficient (Wildman–Crippen LogP) is 19.4. The molecule has 0 aromatic heterocycles. The maximum Gasteiger partial charge on any atom is 0.604 e. The zero-order valence-corrected chi connectivity index (χ0v) is 50.2. The third-order valence-electron chi connectivity index (χ3n) is 14.9. The minimum atomic E-state index is -2.75. The molecule has 1 fully saturated rings. The Morgan fingerprint density at radius 1 is 0.239 bits per heavy atom. The zero-order chi connectivity index (χ0) is 68.4. The Balaban J connectivity index is 1.48. The molecule has 0 atom stereocenters. The number of hydrogen-bond donors (Lipinski definition) is 0. The summed E-state index contributed by atoms with van der Waals surface area (Å²) in [7, 11) is -5.29. The molecule has 0 spiro atoms. The molecule has 0 saturated carbocycles. The second-order valence-electron chi connectivity index (χ2n) is 25.3. The first kappa shape index (κ1) is 68.0. The van der Waals surface area contributed by atoms with E-state index in [4.69, 9.17) is 19.0 Å². The monoisotopic (exact) mass is 1310 g/mol. The van der Waals surface area contributed by atoms with Gasteiger partial charge in [-0.25, -0.2) is 87.8 Å². The van der Waals surface area contributed by atoms with E-state index in [0.717, 1.165) is 0 Å². The van der Waals surface area contributed by atoms with Gasteiger partial charge in [0.2, 0.25) is 23.3 Å². The molecular weight excluding hydrogens is 1260 g/mol. The number of rotatable bonds is 12. The normalized spacial score (nSPS) is 13.5. The first-order valence-electron chi connectivity index (χ1n) is 27.4. The van der Waals surface area contributed by atoms with Crippen LogP contribution in [0.3, 0.4) is 0 Å². The Morgan fingerprint density at radius 2 is 0.402 bits per heavy atom. The van der Waals surface area contributed by atoms with Gasteiger partial charge in [0.05, 0.1) is 22.3 Å². The van der Waals surface area contributed by atoms with Crippen molar-refractivity contribution in [2.75, 3.05) is 0 Å². The molecule has 0 unspecified atom stereocenters. The maximum absolute atomic E-state index is 16.4. The average Bonchev–Trinajstić information content (AvgIpc) is 0.726. The molecule has 0 N–H and O–H groups in total. The molecule has 6 nitrogen and oxygen atoms in total. The molecule has 1 heterocycles. The van der Waals surface area contributed by atoms with E-state index >= 15 is 70.2 Å². The molecule has 1 aliphatic rings. The van der Waals surface area contributed by atoms with E-state index in [0.29, 0.717) is 46.2 Å². The summed E-state index contributed by atoms with van der Waals surface area (Å²) in [6.45, 7) is 19.7. The van der Waals surface area contributed by atoms with Gasteiger partial charge in [-0.2, -0.15) is 0 Å². The van der Waals surface area contributed by atoms with Crippen LogP contribution in [0.2, 0.25) is 0 Å². The lowest BCUT2D eigenvalue weighted by Gasteiger charge is -2.48. The van der Waals surface area contributed by atoms with Gasteiger partial charge in [0.25, 0.3) is 0 Å². The zero-order valence-electron chi connectivity index (χ0n) is 50.2. The van der Waals surface area contributed by atoms with Crippen LogP contribution in [-0.2, 0) is 21.7 Å². The molecule has 92 heavy (non-hydrogen) atoms. The van der Waals surface area contributed by atoms with Crippen molar-refractivity contribution in [3.05, 3.63) is 211 Å². The molecule has 8 aromatic rings. The Morgan fingerprint density at radius 3 is 0.576 bits per heavy atom. The summed E-state index contributed by atoms with van der Waals surface area (Å²) >= 11 is 0. The van der Waals surface area contributed by atoms with E-state index in [9.17, 15) is 17.6 Å². The second kappa shape index (κ2) is 23.9. The van der Waals surface area contributed by atoms with Crippen molar-refractivity contribution in [1.29, 1.82) is 0 Å². The summed E-state index contributed by atoms with van der Waals surface area (Å²) in [5.74, 6) is -57.5. The van der Waals surface area contributed by atoms with Crippen LogP contribution in [0.25, 0.3) is 44.5 Å². The van der Waals surface area contributed by atoms with Crippen LogP contribution in [0, 0.1) is 116 Å². The Kier molecular flexibility index (Phi) is 17.7. The van der Waals surface area contributed by atoms with E-state index < -0.39 is 208 Å². The van der Waals surface area contributed by atoms with Crippen molar-refractivity contribution in [2.45, 2.75) is 105 Å². The van der Waals surface area contributed by atoms with E-state index in [1.54, 1.807) is 95.2 Å². The number of halogens is 20. The van der Waals surface area contributed by atoms with Crippen molar-refractivity contribution in [3.8, 4) is 67.5 Å². The minimum Gasteiger partial charge on any atom is -0.530 e. The van der Waals surface area contributed by atoms with E-state index in [2.05, 4.69) is 0 Å². The molecule has 9 rings (SSSR count). The highest BCUT2D eigenvalue weighted by atomic mass is 19.2. The third kappa shape index (κ3) is 11.4. The van der Waals surface area contributed by atoms with Gasteiger partial charge in [0.1, 0.15) is 11.5 Å². The van der Waals surface area contributed by atoms with Gasteiger partial charge in [0.15, 0.2) is 105 Å². The fourth-order valence-electron chi connectivity index (χ4n) is 10.3. The standard InChI is InChI=1S/C64H48B2F20N2O4/c1-61(2,3)29-21-15-22-30(62(4,5)6)59(29)89-65-87(91-57-25(33-37(67)45(75)53(83)46(76)38(33)68)17-13-18-26(57)34-39(69)47(77)54(84)48(78)40(34)70)66(90-60-31(63(7,8)9)23-16-24-32(60)64(10,11)12)88(65)92-58-27(35-41(71)49(79)55(85)50(80)42(35)72)19-14-20-28(58)36-43(73)51(81)56(86)52(82)44(36)74/h13-24H,1-12H3. The number of benzene rings is 8. The topological polar surface area (TPSA) is 43.4 Å². The van der Waals surface area contributed by atoms with Crippen LogP contribution in [0.5, 0.6) is 23.0 Å². The van der Waals surface area contributed by atoms with Gasteiger partial charge in [-0.3, -0.25) is 0 Å². The van der Waals surface area contributed by atoms with Gasteiger partial charge in [-0.15, -0.1) is 9.77 Å². The largest absolute Gasteiger partial charge is 0.604 e. The lowest BCUT2D eigenvalue weighted by Crippen LogP contribution is -2.83. The van der Waals surface area contributed by atoms with Crippen molar-refractivity contribution in [1.82, 2.24) is 9.77 Å². The summed E-state index contributed by atoms with van der Waals surface area (Å²) in [6.07, 6.45) is 0. The first-order valence-corrected chi connectivity index (χ1v) is 27.4. The van der Waals surface area contributed by atoms with Crippen LogP contribution in [0.4, 0.5) is 87.8 Å². The quantitative estimate of drug-likeness (QED) is 0.0526. The van der Waals surface area contributed by atoms with Crippen molar-refractivity contribution < 1.29 is 107 Å². The Bertz CT molecular complexity index is 3710. The Labute approximate surface area is 513 Å². The minimum absolute atomic E-state index is 0.204. The van der Waals surface area contributed by atoms with Crippen molar-refractivity contribution in [3.63, 3.8) is 0 Å². The second-order valence-corrected chi connectivity index (χ2v) is 25.3. The Hall–Kier alpha value is -8.39. The van der Waals surface area contributed by atoms with Gasteiger partial charge >= 0.3 is 14.4 Å². The van der Waals surface area contributed by atoms with Crippen LogP contribution in [0.15, 0.2) is 72.8 Å². The summed E-state index contributed by atoms with van der Waals surface area (Å²) < 4.78 is 328. The SMILES string of the molecule is CC(C)(C)c1cccc(C(C)(C)C)c1OB1N(Oc2c(-c3c(F)c(F)c(F)c(F)c3F)cccc2-c2c(F)c(F)c(F)c(F)c2F)B(Oc2c(C(C)(C)C)cccc2C(C)(C)C)N1Oc1c(-c2c(F)c(F)c(F)c(F)c2F)cccc1-c1c(F)c(F)c(F)c(F)c1F. The van der Waals surface area contributed by atoms with Crippen LogP contribution < -0.4 is 19.0 Å². The van der Waals surface area contributed by atoms with Gasteiger partial charge in [-0.05, 0) is 43.9 Å². The number of hydrogen-bond acceptors (Lipinski definition) is 6. The summed E-state index contributed by atoms with van der Waals surface area (Å²) in [5, 5.41) is 0. The van der Waals surface area contributed by atoms with Crippen molar-refractivity contribution in [2.24, 2.45) is 0 Å². The molecule has 0 radical (unpaired) electrons. The number of nitrogens with zero attached hydrogens (tertiary/aromatic N) is 2. The average molecular weight is 1310 g/mol. The first-order chi connectivity index (χ1) is 42.6. The fraction of sp³-hybridized carbons (Fsp3) is 0.250. The molecule has 0 bridgehead atoms. The van der Waals surface area contributed by atoms with E-state index in [1.165, 1.54) is 24.3 Å². The summed E-state index contributed by atoms with van der Waals surface area (Å²) in [5.41, 5.74) is -17.2. The number of para-hydroxylation sites is 4. The highest BCUT2D eigenvalue weighted by Gasteiger charge is 2.68. The molecule has 1 saturated heterocycles. The molecule has 0 aliphatic carbocycles. The molecule has 484 valence electrons. The maximum atomic E-state index is 16.4. The van der Waals surface area contributed by atoms with E-state index in [1.807, 2.05) is 0 Å².